The first-order valence-corrected chi connectivity index (χ1v) is 6.11. The number of ketones is 2. The fourth-order valence-electron chi connectivity index (χ4n) is 2.03. The lowest BCUT2D eigenvalue weighted by atomic mass is 9.91. The van der Waals surface area contributed by atoms with Gasteiger partial charge in [-0.3, -0.25) is 9.59 Å². The van der Waals surface area contributed by atoms with E-state index in [4.69, 9.17) is 0 Å². The molecule has 0 amide bonds. The molecule has 98 valence electrons. The molecule has 2 N–H and O–H groups in total. The van der Waals surface area contributed by atoms with E-state index in [2.05, 4.69) is 5.32 Å². The second-order valence-corrected chi connectivity index (χ2v) is 4.35. The minimum Gasteiger partial charge on any atom is -0.503 e. The number of carbonyl (C=O) groups is 2. The highest BCUT2D eigenvalue weighted by molar-refractivity contribution is 6.25. The van der Waals surface area contributed by atoms with Crippen LogP contribution in [-0.4, -0.2) is 16.7 Å². The first kappa shape index (κ1) is 13.1. The Bertz CT molecular complexity index is 612. The number of nitrogens with one attached hydrogen (secondary N) is 1. The summed E-state index contributed by atoms with van der Waals surface area (Å²) in [6, 6.07) is 6.48. The van der Waals surface area contributed by atoms with Crippen LogP contribution in [-0.2, 0) is 0 Å². The van der Waals surface area contributed by atoms with E-state index in [0.717, 1.165) is 12.1 Å². The van der Waals surface area contributed by atoms with Gasteiger partial charge in [0.25, 0.3) is 0 Å². The first-order chi connectivity index (χ1) is 9.06. The molecule has 0 heterocycles. The molecule has 0 saturated heterocycles. The molecule has 1 aromatic carbocycles. The Kier molecular flexibility index (Phi) is 3.51. The second kappa shape index (κ2) is 5.10. The summed E-state index contributed by atoms with van der Waals surface area (Å²) in [4.78, 5) is 24.2. The van der Waals surface area contributed by atoms with Crippen LogP contribution in [0.1, 0.15) is 41.0 Å². The molecule has 0 aromatic heterocycles. The van der Waals surface area contributed by atoms with Crippen LogP contribution in [0.4, 0.5) is 0 Å². The number of aliphatic hydroxyl groups is 1. The Labute approximate surface area is 111 Å². The number of rotatable bonds is 3. The Morgan fingerprint density at radius 2 is 1.79 bits per heavy atom. The Morgan fingerprint density at radius 3 is 2.37 bits per heavy atom. The number of benzene rings is 1. The lowest BCUT2D eigenvalue weighted by Crippen LogP contribution is -2.29. The van der Waals surface area contributed by atoms with Gasteiger partial charge in [0.05, 0.1) is 0 Å². The van der Waals surface area contributed by atoms with Crippen LogP contribution in [0, 0.1) is 0 Å². The first-order valence-electron chi connectivity index (χ1n) is 6.11. The molecule has 19 heavy (non-hydrogen) atoms. The summed E-state index contributed by atoms with van der Waals surface area (Å²) in [6.07, 6.45) is 2.67. The number of allylic oxidation sites excluding steroid dienone is 4. The van der Waals surface area contributed by atoms with Gasteiger partial charge in [-0.15, -0.1) is 0 Å². The van der Waals surface area contributed by atoms with Gasteiger partial charge in [0, 0.05) is 16.8 Å². The molecule has 4 heteroatoms. The van der Waals surface area contributed by atoms with Gasteiger partial charge in [0.1, 0.15) is 5.70 Å². The lowest BCUT2D eigenvalue weighted by molar-refractivity contribution is 0.0924. The number of aliphatic hydroxyl groups excluding tert-OH is 1. The molecule has 1 aliphatic carbocycles. The third kappa shape index (κ3) is 2.29. The average Bonchev–Trinajstić information content (AvgIpc) is 2.41. The molecule has 0 bridgehead atoms. The van der Waals surface area contributed by atoms with Crippen LogP contribution in [0.15, 0.2) is 47.5 Å². The van der Waals surface area contributed by atoms with Gasteiger partial charge in [0.15, 0.2) is 5.76 Å². The Hall–Kier alpha value is -2.36. The Morgan fingerprint density at radius 1 is 1.21 bits per heavy atom. The SMILES string of the molecule is CCC=C(C)NC1=C(O)C(=O)c2ccccc2C1=O. The molecular formula is C15H15NO3. The van der Waals surface area contributed by atoms with Crippen molar-refractivity contribution < 1.29 is 14.7 Å². The van der Waals surface area contributed by atoms with Crippen LogP contribution in [0.25, 0.3) is 0 Å². The maximum Gasteiger partial charge on any atom is 0.230 e. The van der Waals surface area contributed by atoms with Crippen molar-refractivity contribution in [3.05, 3.63) is 58.6 Å². The molecule has 4 nitrogen and oxygen atoms in total. The van der Waals surface area contributed by atoms with Crippen molar-refractivity contribution in [2.45, 2.75) is 20.3 Å². The highest BCUT2D eigenvalue weighted by Gasteiger charge is 2.31. The van der Waals surface area contributed by atoms with Crippen molar-refractivity contribution >= 4 is 11.6 Å². The van der Waals surface area contributed by atoms with Crippen molar-refractivity contribution in [2.24, 2.45) is 0 Å². The summed E-state index contributed by atoms with van der Waals surface area (Å²) < 4.78 is 0. The van der Waals surface area contributed by atoms with Gasteiger partial charge in [-0.25, -0.2) is 0 Å². The van der Waals surface area contributed by atoms with E-state index in [1.807, 2.05) is 13.0 Å². The van der Waals surface area contributed by atoms with E-state index < -0.39 is 11.5 Å². The van der Waals surface area contributed by atoms with E-state index in [-0.39, 0.29) is 17.0 Å². The number of carbonyl (C=O) groups excluding carboxylic acids is 2. The second-order valence-electron chi connectivity index (χ2n) is 4.35. The van der Waals surface area contributed by atoms with Gasteiger partial charge in [-0.1, -0.05) is 37.3 Å². The molecule has 0 atom stereocenters. The summed E-state index contributed by atoms with van der Waals surface area (Å²) in [5.41, 5.74) is 1.24. The van der Waals surface area contributed by atoms with Crippen molar-refractivity contribution in [3.63, 3.8) is 0 Å². The van der Waals surface area contributed by atoms with Crippen molar-refractivity contribution in [2.75, 3.05) is 0 Å². The van der Waals surface area contributed by atoms with Gasteiger partial charge in [-0.2, -0.15) is 0 Å². The summed E-state index contributed by atoms with van der Waals surface area (Å²) in [7, 11) is 0. The third-order valence-corrected chi connectivity index (χ3v) is 2.93. The van der Waals surface area contributed by atoms with Crippen LogP contribution in [0.2, 0.25) is 0 Å². The van der Waals surface area contributed by atoms with Crippen molar-refractivity contribution in [1.29, 1.82) is 0 Å². The molecule has 1 aliphatic rings. The van der Waals surface area contributed by atoms with Crippen LogP contribution < -0.4 is 5.32 Å². The number of hydrogen-bond donors (Lipinski definition) is 2. The van der Waals surface area contributed by atoms with E-state index >= 15 is 0 Å². The Balaban J connectivity index is 2.46. The maximum absolute atomic E-state index is 12.3. The highest BCUT2D eigenvalue weighted by Crippen LogP contribution is 2.24. The van der Waals surface area contributed by atoms with Crippen LogP contribution in [0.5, 0.6) is 0 Å². The number of Topliss-reactive ketones (excluding diaryl/α,β-unsaturated/α-hetero) is 2. The molecule has 0 aliphatic heterocycles. The summed E-state index contributed by atoms with van der Waals surface area (Å²) in [6.45, 7) is 3.74. The molecule has 2 rings (SSSR count). The maximum atomic E-state index is 12.3. The predicted octanol–water partition coefficient (Wildman–Crippen LogP) is 2.74. The van der Waals surface area contributed by atoms with Crippen LogP contribution in [0.3, 0.4) is 0 Å². The highest BCUT2D eigenvalue weighted by atomic mass is 16.3. The molecule has 1 aromatic rings. The van der Waals surface area contributed by atoms with Crippen molar-refractivity contribution in [3.8, 4) is 0 Å². The summed E-state index contributed by atoms with van der Waals surface area (Å²) in [5, 5.41) is 12.7. The zero-order chi connectivity index (χ0) is 14.0. The standard InChI is InChI=1S/C15H15NO3/c1-3-6-9(2)16-12-13(17)10-7-4-5-8-11(10)14(18)15(12)19/h4-8,16,19H,3H2,1-2H3. The molecule has 0 fully saturated rings. The topological polar surface area (TPSA) is 66.4 Å². The minimum absolute atomic E-state index is 0.0501. The van der Waals surface area contributed by atoms with Gasteiger partial charge < -0.3 is 10.4 Å². The smallest absolute Gasteiger partial charge is 0.230 e. The van der Waals surface area contributed by atoms with Gasteiger partial charge >= 0.3 is 0 Å². The molecule has 0 saturated carbocycles. The third-order valence-electron chi connectivity index (χ3n) is 2.93. The molecule has 0 radical (unpaired) electrons. The zero-order valence-corrected chi connectivity index (χ0v) is 10.9. The summed E-state index contributed by atoms with van der Waals surface area (Å²) in [5.74, 6) is -1.41. The predicted molar refractivity (Wildman–Crippen MR) is 71.9 cm³/mol. The summed E-state index contributed by atoms with van der Waals surface area (Å²) >= 11 is 0. The average molecular weight is 257 g/mol. The lowest BCUT2D eigenvalue weighted by Gasteiger charge is -2.18. The fraction of sp³-hybridized carbons (Fsp3) is 0.200. The molecular weight excluding hydrogens is 242 g/mol. The molecule has 0 unspecified atom stereocenters. The van der Waals surface area contributed by atoms with E-state index in [9.17, 15) is 14.7 Å². The normalized spacial score (nSPS) is 15.6. The van der Waals surface area contributed by atoms with E-state index in [1.54, 1.807) is 25.1 Å². The molecule has 0 spiro atoms. The minimum atomic E-state index is -0.526. The number of hydrogen-bond acceptors (Lipinski definition) is 4. The fourth-order valence-corrected chi connectivity index (χ4v) is 2.03. The van der Waals surface area contributed by atoms with Crippen LogP contribution >= 0.6 is 0 Å². The monoisotopic (exact) mass is 257 g/mol. The zero-order valence-electron chi connectivity index (χ0n) is 10.9. The quantitative estimate of drug-likeness (QED) is 0.873. The van der Waals surface area contributed by atoms with E-state index in [0.29, 0.717) is 5.56 Å². The van der Waals surface area contributed by atoms with E-state index in [1.165, 1.54) is 6.07 Å². The van der Waals surface area contributed by atoms with Gasteiger partial charge in [0.2, 0.25) is 11.6 Å². The van der Waals surface area contributed by atoms with Crippen molar-refractivity contribution in [1.82, 2.24) is 5.32 Å². The largest absolute Gasteiger partial charge is 0.503 e. The van der Waals surface area contributed by atoms with Gasteiger partial charge in [-0.05, 0) is 13.3 Å². The number of fused-ring (bicyclic) bond motifs is 1.